The molecule has 1 aromatic rings. The number of benzene rings is 1. The Morgan fingerprint density at radius 2 is 2.14 bits per heavy atom. The molecular formula is C15H20FNO3S. The first-order chi connectivity index (χ1) is 9.93. The number of aryl methyl sites for hydroxylation is 1. The van der Waals surface area contributed by atoms with E-state index in [-0.39, 0.29) is 29.4 Å². The zero-order valence-corrected chi connectivity index (χ0v) is 13.3. The third kappa shape index (κ3) is 6.16. The molecule has 0 spiro atoms. The minimum Gasteiger partial charge on any atom is -0.469 e. The number of thioether (sulfide) groups is 1. The van der Waals surface area contributed by atoms with Gasteiger partial charge in [-0.3, -0.25) is 9.59 Å². The van der Waals surface area contributed by atoms with Crippen LogP contribution in [0, 0.1) is 18.7 Å². The number of amides is 1. The van der Waals surface area contributed by atoms with Gasteiger partial charge in [-0.15, -0.1) is 0 Å². The Hall–Kier alpha value is -1.56. The summed E-state index contributed by atoms with van der Waals surface area (Å²) in [6.45, 7) is 3.82. The smallest absolute Gasteiger partial charge is 0.309 e. The second-order valence-electron chi connectivity index (χ2n) is 4.80. The molecule has 0 aliphatic heterocycles. The lowest BCUT2D eigenvalue weighted by atomic mass is 10.1. The van der Waals surface area contributed by atoms with Crippen LogP contribution >= 0.6 is 11.8 Å². The van der Waals surface area contributed by atoms with E-state index in [1.165, 1.54) is 24.9 Å². The highest BCUT2D eigenvalue weighted by Gasteiger charge is 2.13. The summed E-state index contributed by atoms with van der Waals surface area (Å²) in [6, 6.07) is 4.75. The van der Waals surface area contributed by atoms with Gasteiger partial charge >= 0.3 is 5.97 Å². The lowest BCUT2D eigenvalue weighted by Crippen LogP contribution is -2.25. The van der Waals surface area contributed by atoms with Crippen molar-refractivity contribution in [3.63, 3.8) is 0 Å². The predicted octanol–water partition coefficient (Wildman–Crippen LogP) is 2.29. The molecule has 116 valence electrons. The summed E-state index contributed by atoms with van der Waals surface area (Å²) >= 11 is 1.38. The van der Waals surface area contributed by atoms with Gasteiger partial charge in [0.2, 0.25) is 5.91 Å². The second-order valence-corrected chi connectivity index (χ2v) is 5.83. The average molecular weight is 313 g/mol. The molecule has 0 heterocycles. The lowest BCUT2D eigenvalue weighted by molar-refractivity contribution is -0.144. The number of hydrogen-bond acceptors (Lipinski definition) is 4. The quantitative estimate of drug-likeness (QED) is 0.785. The fraction of sp³-hybridized carbons (Fsp3) is 0.467. The molecule has 6 heteroatoms. The van der Waals surface area contributed by atoms with Crippen LogP contribution in [-0.4, -0.2) is 30.5 Å². The van der Waals surface area contributed by atoms with Gasteiger partial charge in [-0.25, -0.2) is 4.39 Å². The highest BCUT2D eigenvalue weighted by atomic mass is 32.2. The van der Waals surface area contributed by atoms with Crippen LogP contribution in [0.2, 0.25) is 0 Å². The molecular weight excluding hydrogens is 293 g/mol. The van der Waals surface area contributed by atoms with Gasteiger partial charge in [0.1, 0.15) is 5.82 Å². The van der Waals surface area contributed by atoms with Crippen LogP contribution in [-0.2, 0) is 20.9 Å². The molecule has 1 aromatic carbocycles. The summed E-state index contributed by atoms with van der Waals surface area (Å²) in [5, 5.41) is 2.76. The van der Waals surface area contributed by atoms with Crippen LogP contribution in [0.25, 0.3) is 0 Å². The van der Waals surface area contributed by atoms with Gasteiger partial charge in [-0.05, 0) is 24.1 Å². The van der Waals surface area contributed by atoms with Crippen LogP contribution in [0.15, 0.2) is 18.2 Å². The van der Waals surface area contributed by atoms with Crippen LogP contribution < -0.4 is 5.32 Å². The lowest BCUT2D eigenvalue weighted by Gasteiger charge is -2.09. The Bertz CT molecular complexity index is 508. The number of hydrogen-bond donors (Lipinski definition) is 1. The topological polar surface area (TPSA) is 55.4 Å². The zero-order valence-electron chi connectivity index (χ0n) is 12.4. The number of methoxy groups -OCH3 is 1. The Labute approximate surface area is 128 Å². The molecule has 1 rings (SSSR count). The molecule has 0 aliphatic rings. The molecule has 1 atom stereocenters. The first-order valence-electron chi connectivity index (χ1n) is 6.61. The molecule has 0 saturated heterocycles. The number of ether oxygens (including phenoxy) is 1. The Morgan fingerprint density at radius 3 is 2.76 bits per heavy atom. The van der Waals surface area contributed by atoms with E-state index in [0.717, 1.165) is 5.56 Å². The summed E-state index contributed by atoms with van der Waals surface area (Å²) in [6.07, 6.45) is 0. The van der Waals surface area contributed by atoms with Crippen molar-refractivity contribution in [1.29, 1.82) is 0 Å². The number of carbonyl (C=O) groups is 2. The minimum atomic E-state index is -0.273. The molecule has 21 heavy (non-hydrogen) atoms. The maximum absolute atomic E-state index is 13.1. The summed E-state index contributed by atoms with van der Waals surface area (Å²) in [7, 11) is 1.35. The number of halogens is 1. The number of rotatable bonds is 7. The normalized spacial score (nSPS) is 11.8. The van der Waals surface area contributed by atoms with Crippen molar-refractivity contribution in [2.24, 2.45) is 5.92 Å². The van der Waals surface area contributed by atoms with Crippen molar-refractivity contribution in [3.8, 4) is 0 Å². The summed E-state index contributed by atoms with van der Waals surface area (Å²) in [4.78, 5) is 22.9. The number of nitrogens with one attached hydrogen (secondary N) is 1. The first-order valence-corrected chi connectivity index (χ1v) is 7.76. The fourth-order valence-corrected chi connectivity index (χ4v) is 2.56. The van der Waals surface area contributed by atoms with Crippen LogP contribution in [0.1, 0.15) is 18.1 Å². The van der Waals surface area contributed by atoms with Gasteiger partial charge in [-0.2, -0.15) is 11.8 Å². The fourth-order valence-electron chi connectivity index (χ4n) is 1.67. The van der Waals surface area contributed by atoms with Gasteiger partial charge in [0, 0.05) is 12.3 Å². The molecule has 1 N–H and O–H groups in total. The van der Waals surface area contributed by atoms with E-state index in [9.17, 15) is 14.0 Å². The van der Waals surface area contributed by atoms with Crippen molar-refractivity contribution in [2.75, 3.05) is 18.6 Å². The number of esters is 1. The van der Waals surface area contributed by atoms with Crippen LogP contribution in [0.4, 0.5) is 4.39 Å². The maximum Gasteiger partial charge on any atom is 0.309 e. The highest BCUT2D eigenvalue weighted by molar-refractivity contribution is 7.99. The summed E-state index contributed by atoms with van der Waals surface area (Å²) in [5.74, 6) is -0.0502. The molecule has 1 amide bonds. The van der Waals surface area contributed by atoms with E-state index >= 15 is 0 Å². The van der Waals surface area contributed by atoms with Crippen molar-refractivity contribution in [1.82, 2.24) is 5.32 Å². The largest absolute Gasteiger partial charge is 0.469 e. The molecule has 0 fully saturated rings. The maximum atomic E-state index is 13.1. The van der Waals surface area contributed by atoms with Gasteiger partial charge in [0.25, 0.3) is 0 Å². The molecule has 0 aliphatic carbocycles. The molecule has 0 aromatic heterocycles. The van der Waals surface area contributed by atoms with Crippen molar-refractivity contribution in [3.05, 3.63) is 35.1 Å². The molecule has 4 nitrogen and oxygen atoms in total. The Balaban J connectivity index is 2.28. The SMILES string of the molecule is COC(=O)C(C)CSCC(=O)NCc1ccc(F)c(C)c1. The highest BCUT2D eigenvalue weighted by Crippen LogP contribution is 2.11. The van der Waals surface area contributed by atoms with Gasteiger partial charge in [0.15, 0.2) is 0 Å². The monoisotopic (exact) mass is 313 g/mol. The van der Waals surface area contributed by atoms with Crippen LogP contribution in [0.5, 0.6) is 0 Å². The van der Waals surface area contributed by atoms with Crippen LogP contribution in [0.3, 0.4) is 0 Å². The molecule has 0 bridgehead atoms. The van der Waals surface area contributed by atoms with E-state index in [0.29, 0.717) is 17.9 Å². The Kier molecular flexibility index (Phi) is 7.22. The molecule has 0 saturated carbocycles. The predicted molar refractivity (Wildman–Crippen MR) is 81.5 cm³/mol. The van der Waals surface area contributed by atoms with E-state index in [1.807, 2.05) is 0 Å². The molecule has 0 radical (unpaired) electrons. The van der Waals surface area contributed by atoms with E-state index in [4.69, 9.17) is 0 Å². The summed E-state index contributed by atoms with van der Waals surface area (Å²) < 4.78 is 17.7. The summed E-state index contributed by atoms with van der Waals surface area (Å²) in [5.41, 5.74) is 1.42. The third-order valence-corrected chi connectivity index (χ3v) is 4.12. The zero-order chi connectivity index (χ0) is 15.8. The first kappa shape index (κ1) is 17.5. The molecule has 1 unspecified atom stereocenters. The average Bonchev–Trinajstić information content (AvgIpc) is 2.47. The second kappa shape index (κ2) is 8.67. The van der Waals surface area contributed by atoms with E-state index < -0.39 is 0 Å². The van der Waals surface area contributed by atoms with Crippen molar-refractivity contribution in [2.45, 2.75) is 20.4 Å². The Morgan fingerprint density at radius 1 is 1.43 bits per heavy atom. The van der Waals surface area contributed by atoms with Gasteiger partial charge < -0.3 is 10.1 Å². The van der Waals surface area contributed by atoms with E-state index in [2.05, 4.69) is 10.1 Å². The minimum absolute atomic E-state index is 0.112. The van der Waals surface area contributed by atoms with Gasteiger partial charge in [0.05, 0.1) is 18.8 Å². The standard InChI is InChI=1S/C15H20FNO3S/c1-10-6-12(4-5-13(10)16)7-17-14(18)9-21-8-11(2)15(19)20-3/h4-6,11H,7-9H2,1-3H3,(H,17,18). The van der Waals surface area contributed by atoms with Gasteiger partial charge in [-0.1, -0.05) is 19.1 Å². The van der Waals surface area contributed by atoms with E-state index in [1.54, 1.807) is 26.0 Å². The van der Waals surface area contributed by atoms with Crippen molar-refractivity contribution >= 4 is 23.6 Å². The number of carbonyl (C=O) groups excluding carboxylic acids is 2. The third-order valence-electron chi connectivity index (χ3n) is 2.92. The van der Waals surface area contributed by atoms with Crippen molar-refractivity contribution < 1.29 is 18.7 Å².